The van der Waals surface area contributed by atoms with Gasteiger partial charge >= 0.3 is 12.1 Å². The SMILES string of the molecule is CCOC(=O)C(NCc1cccc(C(F)(F)F)c1)c1cn(C(C)=O)c2ccccc12. The quantitative estimate of drug-likeness (QED) is 0.589. The molecule has 3 rings (SSSR count). The third-order valence-electron chi connectivity index (χ3n) is 4.68. The van der Waals surface area contributed by atoms with Gasteiger partial charge in [-0.15, -0.1) is 0 Å². The number of carbonyl (C=O) groups is 2. The first-order chi connectivity index (χ1) is 14.2. The summed E-state index contributed by atoms with van der Waals surface area (Å²) >= 11 is 0. The fourth-order valence-corrected chi connectivity index (χ4v) is 3.32. The van der Waals surface area contributed by atoms with Gasteiger partial charge in [-0.1, -0.05) is 36.4 Å². The zero-order valence-corrected chi connectivity index (χ0v) is 16.5. The van der Waals surface area contributed by atoms with Crippen LogP contribution in [-0.4, -0.2) is 23.1 Å². The molecule has 0 aliphatic carbocycles. The number of hydrogen-bond donors (Lipinski definition) is 1. The minimum atomic E-state index is -4.45. The number of benzene rings is 2. The van der Waals surface area contributed by atoms with Crippen LogP contribution in [0.4, 0.5) is 13.2 Å². The highest BCUT2D eigenvalue weighted by Crippen LogP contribution is 2.30. The normalized spacial score (nSPS) is 12.7. The van der Waals surface area contributed by atoms with Gasteiger partial charge in [-0.05, 0) is 24.6 Å². The highest BCUT2D eigenvalue weighted by Gasteiger charge is 2.31. The summed E-state index contributed by atoms with van der Waals surface area (Å²) in [4.78, 5) is 24.7. The highest BCUT2D eigenvalue weighted by molar-refractivity contribution is 5.96. The molecular formula is C22H21F3N2O3. The van der Waals surface area contributed by atoms with Crippen molar-refractivity contribution in [3.05, 3.63) is 71.4 Å². The summed E-state index contributed by atoms with van der Waals surface area (Å²) in [5.41, 5.74) is 0.762. The molecule has 1 atom stereocenters. The first-order valence-electron chi connectivity index (χ1n) is 9.39. The molecule has 0 amide bonds. The number of ether oxygens (including phenoxy) is 1. The zero-order valence-electron chi connectivity index (χ0n) is 16.5. The lowest BCUT2D eigenvalue weighted by Gasteiger charge is -2.17. The standard InChI is InChI=1S/C22H21F3N2O3/c1-3-30-21(29)20(26-12-15-7-6-8-16(11-15)22(23,24)25)18-13-27(14(2)28)19-10-5-4-9-17(18)19/h4-11,13,20,26H,3,12H2,1-2H3. The monoisotopic (exact) mass is 418 g/mol. The van der Waals surface area contributed by atoms with E-state index in [9.17, 15) is 22.8 Å². The van der Waals surface area contributed by atoms with Crippen molar-refractivity contribution in [3.8, 4) is 0 Å². The largest absolute Gasteiger partial charge is 0.465 e. The number of nitrogens with zero attached hydrogens (tertiary/aromatic N) is 1. The molecule has 1 heterocycles. The van der Waals surface area contributed by atoms with E-state index < -0.39 is 23.8 Å². The molecule has 0 fully saturated rings. The Labute approximate surface area is 171 Å². The van der Waals surface area contributed by atoms with Crippen LogP contribution in [0, 0.1) is 0 Å². The zero-order chi connectivity index (χ0) is 21.9. The molecule has 0 saturated heterocycles. The van der Waals surface area contributed by atoms with E-state index in [0.29, 0.717) is 22.0 Å². The lowest BCUT2D eigenvalue weighted by Crippen LogP contribution is -2.30. The minimum absolute atomic E-state index is 0.00692. The molecular weight excluding hydrogens is 397 g/mol. The molecule has 0 aliphatic heterocycles. The average molecular weight is 418 g/mol. The van der Waals surface area contributed by atoms with Crippen molar-refractivity contribution >= 4 is 22.8 Å². The van der Waals surface area contributed by atoms with Gasteiger partial charge < -0.3 is 4.74 Å². The lowest BCUT2D eigenvalue weighted by molar-refractivity contribution is -0.146. The molecule has 0 aliphatic rings. The number of halogens is 3. The Morgan fingerprint density at radius 1 is 1.13 bits per heavy atom. The Bertz CT molecular complexity index is 1070. The second-order valence-corrected chi connectivity index (χ2v) is 6.75. The van der Waals surface area contributed by atoms with Crippen LogP contribution >= 0.6 is 0 Å². The molecule has 1 N–H and O–H groups in total. The maximum absolute atomic E-state index is 13.0. The van der Waals surface area contributed by atoms with Gasteiger partial charge in [0.2, 0.25) is 5.91 Å². The van der Waals surface area contributed by atoms with Gasteiger partial charge in [0.1, 0.15) is 6.04 Å². The van der Waals surface area contributed by atoms with Gasteiger partial charge in [-0.3, -0.25) is 14.7 Å². The predicted octanol–water partition coefficient (Wildman–Crippen LogP) is 4.71. The molecule has 0 bridgehead atoms. The van der Waals surface area contributed by atoms with Gasteiger partial charge in [0.05, 0.1) is 17.7 Å². The van der Waals surface area contributed by atoms with E-state index in [-0.39, 0.29) is 19.1 Å². The van der Waals surface area contributed by atoms with Crippen LogP contribution in [0.2, 0.25) is 0 Å². The highest BCUT2D eigenvalue weighted by atomic mass is 19.4. The van der Waals surface area contributed by atoms with Crippen molar-refractivity contribution in [2.45, 2.75) is 32.6 Å². The molecule has 0 radical (unpaired) electrons. The second-order valence-electron chi connectivity index (χ2n) is 6.75. The minimum Gasteiger partial charge on any atom is -0.465 e. The number of esters is 1. The van der Waals surface area contributed by atoms with Crippen molar-refractivity contribution in [2.75, 3.05) is 6.61 Å². The van der Waals surface area contributed by atoms with Crippen LogP contribution in [0.15, 0.2) is 54.7 Å². The number of fused-ring (bicyclic) bond motifs is 1. The number of alkyl halides is 3. The summed E-state index contributed by atoms with van der Waals surface area (Å²) in [7, 11) is 0. The Kier molecular flexibility index (Phi) is 6.26. The van der Waals surface area contributed by atoms with E-state index in [1.54, 1.807) is 43.5 Å². The first-order valence-corrected chi connectivity index (χ1v) is 9.39. The Morgan fingerprint density at radius 2 is 1.87 bits per heavy atom. The number of rotatable bonds is 6. The van der Waals surface area contributed by atoms with E-state index in [2.05, 4.69) is 5.32 Å². The van der Waals surface area contributed by atoms with E-state index in [4.69, 9.17) is 4.74 Å². The van der Waals surface area contributed by atoms with Crippen molar-refractivity contribution in [2.24, 2.45) is 0 Å². The van der Waals surface area contributed by atoms with E-state index in [1.807, 2.05) is 0 Å². The average Bonchev–Trinajstić information content (AvgIpc) is 3.08. The van der Waals surface area contributed by atoms with E-state index >= 15 is 0 Å². The van der Waals surface area contributed by atoms with Crippen LogP contribution in [0.5, 0.6) is 0 Å². The summed E-state index contributed by atoms with van der Waals surface area (Å²) in [5.74, 6) is -0.797. The maximum Gasteiger partial charge on any atom is 0.416 e. The Morgan fingerprint density at radius 3 is 2.53 bits per heavy atom. The fraction of sp³-hybridized carbons (Fsp3) is 0.273. The first kappa shape index (κ1) is 21.6. The predicted molar refractivity (Wildman–Crippen MR) is 106 cm³/mol. The maximum atomic E-state index is 13.0. The molecule has 8 heteroatoms. The second kappa shape index (κ2) is 8.71. The number of aromatic nitrogens is 1. The summed E-state index contributed by atoms with van der Waals surface area (Å²) in [5, 5.41) is 3.68. The molecule has 1 unspecified atom stereocenters. The van der Waals surface area contributed by atoms with Crippen LogP contribution in [0.3, 0.4) is 0 Å². The Hall–Kier alpha value is -3.13. The van der Waals surface area contributed by atoms with Crippen molar-refractivity contribution in [3.63, 3.8) is 0 Å². The van der Waals surface area contributed by atoms with E-state index in [1.165, 1.54) is 17.6 Å². The van der Waals surface area contributed by atoms with Crippen molar-refractivity contribution in [1.29, 1.82) is 0 Å². The molecule has 0 spiro atoms. The van der Waals surface area contributed by atoms with Crippen LogP contribution in [0.25, 0.3) is 10.9 Å². The third kappa shape index (κ3) is 4.54. The van der Waals surface area contributed by atoms with Crippen molar-refractivity contribution in [1.82, 2.24) is 9.88 Å². The smallest absolute Gasteiger partial charge is 0.416 e. The molecule has 1 aromatic heterocycles. The number of hydrogen-bond acceptors (Lipinski definition) is 4. The van der Waals surface area contributed by atoms with Crippen LogP contribution in [-0.2, 0) is 22.3 Å². The fourth-order valence-electron chi connectivity index (χ4n) is 3.32. The van der Waals surface area contributed by atoms with Crippen LogP contribution in [0.1, 0.15) is 41.4 Å². The molecule has 158 valence electrons. The number of carbonyl (C=O) groups excluding carboxylic acids is 2. The topological polar surface area (TPSA) is 60.3 Å². The summed E-state index contributed by atoms with van der Waals surface area (Å²) in [6, 6.07) is 11.0. The number of nitrogens with one attached hydrogen (secondary N) is 1. The molecule has 5 nitrogen and oxygen atoms in total. The number of para-hydroxylation sites is 1. The molecule has 30 heavy (non-hydrogen) atoms. The van der Waals surface area contributed by atoms with Gasteiger partial charge in [0.25, 0.3) is 0 Å². The summed E-state index contributed by atoms with van der Waals surface area (Å²) < 4.78 is 45.6. The van der Waals surface area contributed by atoms with Gasteiger partial charge in [0, 0.05) is 30.6 Å². The molecule has 3 aromatic rings. The van der Waals surface area contributed by atoms with E-state index in [0.717, 1.165) is 12.1 Å². The molecule has 0 saturated carbocycles. The van der Waals surface area contributed by atoms with Crippen molar-refractivity contribution < 1.29 is 27.5 Å². The Balaban J connectivity index is 1.97. The van der Waals surface area contributed by atoms with Gasteiger partial charge in [0.15, 0.2) is 0 Å². The van der Waals surface area contributed by atoms with Gasteiger partial charge in [-0.25, -0.2) is 4.79 Å². The lowest BCUT2D eigenvalue weighted by atomic mass is 10.0. The van der Waals surface area contributed by atoms with Gasteiger partial charge in [-0.2, -0.15) is 13.2 Å². The molecule has 2 aromatic carbocycles. The summed E-state index contributed by atoms with van der Waals surface area (Å²) in [6.45, 7) is 3.23. The third-order valence-corrected chi connectivity index (χ3v) is 4.68. The summed E-state index contributed by atoms with van der Waals surface area (Å²) in [6.07, 6.45) is -2.89. The van der Waals surface area contributed by atoms with Crippen LogP contribution < -0.4 is 5.32 Å².